The maximum absolute atomic E-state index is 12.4. The molecule has 0 bridgehead atoms. The minimum atomic E-state index is -3.72. The smallest absolute Gasteiger partial charge is 0.358 e. The van der Waals surface area contributed by atoms with Crippen LogP contribution in [-0.4, -0.2) is 32.1 Å². The van der Waals surface area contributed by atoms with Gasteiger partial charge in [-0.25, -0.2) is 4.79 Å². The molecule has 0 amide bonds. The highest BCUT2D eigenvalue weighted by atomic mass is 31.2. The second-order valence-electron chi connectivity index (χ2n) is 4.28. The van der Waals surface area contributed by atoms with E-state index in [9.17, 15) is 9.36 Å². The third-order valence-corrected chi connectivity index (χ3v) is 4.87. The molecule has 0 unspecified atom stereocenters. The van der Waals surface area contributed by atoms with Crippen molar-refractivity contribution in [1.29, 1.82) is 0 Å². The molecule has 1 atom stereocenters. The van der Waals surface area contributed by atoms with E-state index in [2.05, 4.69) is 0 Å². The van der Waals surface area contributed by atoms with Crippen molar-refractivity contribution < 1.29 is 27.9 Å². The van der Waals surface area contributed by atoms with Gasteiger partial charge in [-0.05, 0) is 31.5 Å². The number of carbonyl (C=O) groups is 1. The summed E-state index contributed by atoms with van der Waals surface area (Å²) in [5, 5.41) is 0. The fourth-order valence-electron chi connectivity index (χ4n) is 1.65. The fraction of sp³-hybridized carbons (Fsp3) is 0.500. The van der Waals surface area contributed by atoms with Gasteiger partial charge in [0.1, 0.15) is 12.4 Å². The van der Waals surface area contributed by atoms with E-state index in [1.807, 2.05) is 0 Å². The Morgan fingerprint density at radius 2 is 1.73 bits per heavy atom. The first-order valence-corrected chi connectivity index (χ1v) is 8.52. The van der Waals surface area contributed by atoms with Gasteiger partial charge < -0.3 is 24.3 Å². The summed E-state index contributed by atoms with van der Waals surface area (Å²) in [6.45, 7) is 3.53. The Morgan fingerprint density at radius 1 is 1.18 bits per heavy atom. The van der Waals surface area contributed by atoms with Crippen molar-refractivity contribution in [3.05, 3.63) is 29.8 Å². The van der Waals surface area contributed by atoms with E-state index < -0.39 is 19.3 Å². The quantitative estimate of drug-likeness (QED) is 0.547. The van der Waals surface area contributed by atoms with Crippen LogP contribution >= 0.6 is 7.60 Å². The van der Waals surface area contributed by atoms with Crippen molar-refractivity contribution in [2.75, 3.05) is 20.3 Å². The number of carbonyl (C=O) groups excluding carboxylic acids is 1. The molecule has 0 radical (unpaired) electrons. The zero-order valence-electron chi connectivity index (χ0n) is 13.0. The lowest BCUT2D eigenvalue weighted by atomic mass is 10.2. The summed E-state index contributed by atoms with van der Waals surface area (Å²) in [7, 11) is -2.15. The molecule has 0 saturated carbocycles. The molecule has 0 heterocycles. The van der Waals surface area contributed by atoms with Gasteiger partial charge in [0.05, 0.1) is 20.3 Å². The first-order valence-electron chi connectivity index (χ1n) is 6.90. The highest BCUT2D eigenvalue weighted by Gasteiger charge is 2.39. The van der Waals surface area contributed by atoms with Gasteiger partial charge in [0.15, 0.2) is 0 Å². The van der Waals surface area contributed by atoms with Crippen LogP contribution in [0.2, 0.25) is 0 Å². The normalized spacial score (nSPS) is 12.7. The summed E-state index contributed by atoms with van der Waals surface area (Å²) in [6, 6.07) is 6.99. The number of nitrogens with two attached hydrogens (primary N) is 1. The first-order chi connectivity index (χ1) is 10.5. The predicted octanol–water partition coefficient (Wildman–Crippen LogP) is 2.29. The Balaban J connectivity index is 2.64. The minimum absolute atomic E-state index is 0.00871. The SMILES string of the molecule is CCOP(=O)(OCC)[C@@H](N)C(=O)OCc1ccc(OC)cc1. The van der Waals surface area contributed by atoms with Gasteiger partial charge in [-0.15, -0.1) is 0 Å². The number of methoxy groups -OCH3 is 1. The fourth-order valence-corrected chi connectivity index (χ4v) is 3.10. The Labute approximate surface area is 130 Å². The maximum Gasteiger partial charge on any atom is 0.358 e. The molecule has 1 rings (SSSR count). The van der Waals surface area contributed by atoms with Gasteiger partial charge in [-0.1, -0.05) is 12.1 Å². The molecule has 0 saturated heterocycles. The molecule has 124 valence electrons. The summed E-state index contributed by atoms with van der Waals surface area (Å²) < 4.78 is 32.5. The Hall–Kier alpha value is -1.40. The van der Waals surface area contributed by atoms with Crippen LogP contribution < -0.4 is 10.5 Å². The molecule has 0 aliphatic carbocycles. The van der Waals surface area contributed by atoms with Crippen molar-refractivity contribution in [1.82, 2.24) is 0 Å². The Kier molecular flexibility index (Phi) is 7.55. The molecular weight excluding hydrogens is 309 g/mol. The monoisotopic (exact) mass is 331 g/mol. The molecule has 22 heavy (non-hydrogen) atoms. The molecule has 2 N–H and O–H groups in total. The van der Waals surface area contributed by atoms with E-state index >= 15 is 0 Å². The van der Waals surface area contributed by atoms with Gasteiger partial charge in [-0.3, -0.25) is 4.57 Å². The Morgan fingerprint density at radius 3 is 2.18 bits per heavy atom. The lowest BCUT2D eigenvalue weighted by molar-refractivity contribution is -0.144. The van der Waals surface area contributed by atoms with Crippen LogP contribution in [0.15, 0.2) is 24.3 Å². The first kappa shape index (κ1) is 18.6. The lowest BCUT2D eigenvalue weighted by Gasteiger charge is -2.21. The van der Waals surface area contributed by atoms with Crippen molar-refractivity contribution in [2.24, 2.45) is 5.73 Å². The molecule has 1 aromatic carbocycles. The average Bonchev–Trinajstić information content (AvgIpc) is 2.52. The van der Waals surface area contributed by atoms with Crippen LogP contribution in [0.25, 0.3) is 0 Å². The van der Waals surface area contributed by atoms with Crippen molar-refractivity contribution >= 4 is 13.6 Å². The van der Waals surface area contributed by atoms with Crippen LogP contribution in [-0.2, 0) is 29.8 Å². The van der Waals surface area contributed by atoms with E-state index in [1.54, 1.807) is 45.2 Å². The van der Waals surface area contributed by atoms with E-state index in [1.165, 1.54) is 0 Å². The van der Waals surface area contributed by atoms with Crippen molar-refractivity contribution in [3.8, 4) is 5.75 Å². The number of rotatable bonds is 9. The van der Waals surface area contributed by atoms with E-state index in [0.29, 0.717) is 5.75 Å². The van der Waals surface area contributed by atoms with Crippen LogP contribution in [0.5, 0.6) is 5.75 Å². The van der Waals surface area contributed by atoms with Crippen LogP contribution in [0.1, 0.15) is 19.4 Å². The molecular formula is C14H22NO6P. The molecule has 0 aromatic heterocycles. The summed E-state index contributed by atoms with van der Waals surface area (Å²) in [6.07, 6.45) is 0. The average molecular weight is 331 g/mol. The second-order valence-corrected chi connectivity index (χ2v) is 6.43. The zero-order valence-corrected chi connectivity index (χ0v) is 13.9. The number of benzene rings is 1. The lowest BCUT2D eigenvalue weighted by Crippen LogP contribution is -2.33. The number of ether oxygens (including phenoxy) is 2. The zero-order chi connectivity index (χ0) is 16.6. The van der Waals surface area contributed by atoms with Gasteiger partial charge in [0.25, 0.3) is 0 Å². The van der Waals surface area contributed by atoms with E-state index in [4.69, 9.17) is 24.3 Å². The third kappa shape index (κ3) is 5.10. The van der Waals surface area contributed by atoms with Gasteiger partial charge in [-0.2, -0.15) is 0 Å². The number of hydrogen-bond acceptors (Lipinski definition) is 7. The highest BCUT2D eigenvalue weighted by molar-refractivity contribution is 7.55. The molecule has 0 aliphatic rings. The maximum atomic E-state index is 12.4. The molecule has 7 nitrogen and oxygen atoms in total. The molecule has 0 fully saturated rings. The topological polar surface area (TPSA) is 97.1 Å². The molecule has 0 spiro atoms. The van der Waals surface area contributed by atoms with E-state index in [-0.39, 0.29) is 19.8 Å². The summed E-state index contributed by atoms with van der Waals surface area (Å²) in [4.78, 5) is 11.9. The second kappa shape index (κ2) is 8.90. The van der Waals surface area contributed by atoms with Gasteiger partial charge >= 0.3 is 13.6 Å². The predicted molar refractivity (Wildman–Crippen MR) is 81.6 cm³/mol. The molecule has 1 aromatic rings. The van der Waals surface area contributed by atoms with Crippen molar-refractivity contribution in [2.45, 2.75) is 26.2 Å². The van der Waals surface area contributed by atoms with Gasteiger partial charge in [0, 0.05) is 0 Å². The highest BCUT2D eigenvalue weighted by Crippen LogP contribution is 2.51. The summed E-state index contributed by atoms with van der Waals surface area (Å²) in [5.41, 5.74) is 6.42. The number of esters is 1. The third-order valence-electron chi connectivity index (χ3n) is 2.74. The summed E-state index contributed by atoms with van der Waals surface area (Å²) >= 11 is 0. The Bertz CT molecular complexity index is 509. The standard InChI is InChI=1S/C14H22NO6P/c1-4-20-22(17,21-5-2)13(15)14(16)19-10-11-6-8-12(18-3)9-7-11/h6-9,13H,4-5,10,15H2,1-3H3/t13-/m1/s1. The van der Waals surface area contributed by atoms with E-state index in [0.717, 1.165) is 5.56 Å². The van der Waals surface area contributed by atoms with Gasteiger partial charge in [0.2, 0.25) is 5.78 Å². The molecule has 0 aliphatic heterocycles. The van der Waals surface area contributed by atoms with Crippen LogP contribution in [0.4, 0.5) is 0 Å². The van der Waals surface area contributed by atoms with Crippen LogP contribution in [0, 0.1) is 0 Å². The molecule has 8 heteroatoms. The van der Waals surface area contributed by atoms with Crippen molar-refractivity contribution in [3.63, 3.8) is 0 Å². The summed E-state index contributed by atoms with van der Waals surface area (Å²) in [5.74, 6) is -1.60. The number of hydrogen-bond donors (Lipinski definition) is 1. The minimum Gasteiger partial charge on any atom is -0.497 e. The largest absolute Gasteiger partial charge is 0.497 e. The van der Waals surface area contributed by atoms with Crippen LogP contribution in [0.3, 0.4) is 0 Å².